The van der Waals surface area contributed by atoms with E-state index in [9.17, 15) is 9.46 Å². The molecule has 0 aromatic heterocycles. The molecule has 0 amide bonds. The Kier molecular flexibility index (Phi) is 3.56. The molecule has 3 heteroatoms. The maximum Gasteiger partial charge on any atom is 0.320 e. The van der Waals surface area contributed by atoms with Crippen LogP contribution in [-0.2, 0) is 4.57 Å². The highest BCUT2D eigenvalue weighted by Crippen LogP contribution is 2.65. The lowest BCUT2D eigenvalue weighted by Gasteiger charge is -2.40. The number of hydrogen-bond donors (Lipinski definition) is 0. The Balaban J connectivity index is 2.50. The van der Waals surface area contributed by atoms with Gasteiger partial charge in [0.15, 0.2) is 5.16 Å². The molecule has 0 heterocycles. The van der Waals surface area contributed by atoms with Gasteiger partial charge in [0.1, 0.15) is 0 Å². The highest BCUT2D eigenvalue weighted by molar-refractivity contribution is 7.39. The van der Waals surface area contributed by atoms with Gasteiger partial charge in [-0.3, -0.25) is 0 Å². The van der Waals surface area contributed by atoms with Crippen molar-refractivity contribution >= 4 is 8.03 Å². The van der Waals surface area contributed by atoms with Crippen molar-refractivity contribution in [1.82, 2.24) is 0 Å². The maximum absolute atomic E-state index is 12.0. The van der Waals surface area contributed by atoms with Crippen molar-refractivity contribution < 1.29 is 9.46 Å². The summed E-state index contributed by atoms with van der Waals surface area (Å²) in [6, 6.07) is 0. The monoisotopic (exact) mass is 252 g/mol. The van der Waals surface area contributed by atoms with E-state index >= 15 is 0 Å². The van der Waals surface area contributed by atoms with E-state index in [1.54, 1.807) is 0 Å². The van der Waals surface area contributed by atoms with E-state index in [0.717, 1.165) is 44.1 Å². The molecule has 1 fully saturated rings. The van der Waals surface area contributed by atoms with Crippen molar-refractivity contribution in [3.05, 3.63) is 23.8 Å². The van der Waals surface area contributed by atoms with E-state index in [0.29, 0.717) is 0 Å². The normalized spacial score (nSPS) is 31.7. The van der Waals surface area contributed by atoms with Gasteiger partial charge in [-0.15, -0.1) is 0 Å². The Morgan fingerprint density at radius 2 is 2.06 bits per heavy atom. The van der Waals surface area contributed by atoms with Crippen molar-refractivity contribution in [3.63, 3.8) is 0 Å². The summed E-state index contributed by atoms with van der Waals surface area (Å²) in [6.07, 6.45) is 11.8. The quantitative estimate of drug-likeness (QED) is 0.716. The van der Waals surface area contributed by atoms with Gasteiger partial charge >= 0.3 is 8.03 Å². The Morgan fingerprint density at radius 3 is 2.53 bits per heavy atom. The minimum Gasteiger partial charge on any atom is -0.595 e. The van der Waals surface area contributed by atoms with Crippen molar-refractivity contribution in [2.24, 2.45) is 5.41 Å². The van der Waals surface area contributed by atoms with Crippen molar-refractivity contribution in [3.8, 4) is 0 Å². The molecule has 2 aliphatic rings. The first-order valence-corrected chi connectivity index (χ1v) is 7.81. The first-order chi connectivity index (χ1) is 8.13. The smallest absolute Gasteiger partial charge is 0.320 e. The zero-order valence-electron chi connectivity index (χ0n) is 10.7. The van der Waals surface area contributed by atoms with Gasteiger partial charge in [0.25, 0.3) is 0 Å². The third-order valence-corrected chi connectivity index (χ3v) is 6.65. The molecule has 0 aromatic carbocycles. The highest BCUT2D eigenvalue weighted by Gasteiger charge is 2.63. The van der Waals surface area contributed by atoms with Gasteiger partial charge in [-0.05, 0) is 37.7 Å². The van der Waals surface area contributed by atoms with Crippen molar-refractivity contribution in [2.75, 3.05) is 0 Å². The zero-order valence-corrected chi connectivity index (χ0v) is 11.6. The minimum atomic E-state index is -2.40. The molecule has 2 aliphatic carbocycles. The second kappa shape index (κ2) is 4.66. The van der Waals surface area contributed by atoms with Crippen LogP contribution in [0.1, 0.15) is 52.4 Å². The summed E-state index contributed by atoms with van der Waals surface area (Å²) in [7, 11) is -2.40. The van der Waals surface area contributed by atoms with Crippen LogP contribution in [0.3, 0.4) is 0 Å². The van der Waals surface area contributed by atoms with E-state index < -0.39 is 13.2 Å². The molecule has 2 atom stereocenters. The van der Waals surface area contributed by atoms with Gasteiger partial charge in [-0.1, -0.05) is 36.6 Å². The summed E-state index contributed by atoms with van der Waals surface area (Å²) in [5.74, 6) is 0. The van der Waals surface area contributed by atoms with Gasteiger partial charge in [0, 0.05) is 11.8 Å². The lowest BCUT2D eigenvalue weighted by atomic mass is 9.69. The summed E-state index contributed by atoms with van der Waals surface area (Å²) in [5.41, 5.74) is 1.11. The van der Waals surface area contributed by atoms with E-state index in [2.05, 4.69) is 19.9 Å². The lowest BCUT2D eigenvalue weighted by molar-refractivity contribution is -0.171. The summed E-state index contributed by atoms with van der Waals surface area (Å²) in [4.78, 5) is 12.0. The van der Waals surface area contributed by atoms with Gasteiger partial charge in [0.2, 0.25) is 0 Å². The lowest BCUT2D eigenvalue weighted by Crippen LogP contribution is -2.43. The van der Waals surface area contributed by atoms with Crippen molar-refractivity contribution in [1.29, 1.82) is 0 Å². The first kappa shape index (κ1) is 13.0. The van der Waals surface area contributed by atoms with Crippen LogP contribution in [0.2, 0.25) is 0 Å². The van der Waals surface area contributed by atoms with Crippen LogP contribution in [0.15, 0.2) is 23.8 Å². The second-order valence-electron chi connectivity index (χ2n) is 5.28. The van der Waals surface area contributed by atoms with Crippen LogP contribution in [0.5, 0.6) is 0 Å². The molecule has 2 rings (SSSR count). The first-order valence-electron chi connectivity index (χ1n) is 6.63. The van der Waals surface area contributed by atoms with Gasteiger partial charge in [0.05, 0.1) is 0 Å². The molecule has 17 heavy (non-hydrogen) atoms. The van der Waals surface area contributed by atoms with E-state index in [1.807, 2.05) is 12.2 Å². The van der Waals surface area contributed by atoms with Crippen LogP contribution in [0, 0.1) is 5.41 Å². The molecular weight excluding hydrogens is 231 g/mol. The molecule has 0 saturated heterocycles. The molecule has 0 aromatic rings. The van der Waals surface area contributed by atoms with Crippen LogP contribution in [0.4, 0.5) is 0 Å². The molecule has 0 N–H and O–H groups in total. The molecule has 1 saturated carbocycles. The second-order valence-corrected chi connectivity index (χ2v) is 6.56. The Morgan fingerprint density at radius 1 is 1.35 bits per heavy atom. The van der Waals surface area contributed by atoms with Crippen LogP contribution in [0.25, 0.3) is 0 Å². The van der Waals surface area contributed by atoms with Gasteiger partial charge in [-0.25, -0.2) is 0 Å². The molecule has 2 nitrogen and oxygen atoms in total. The fourth-order valence-electron chi connectivity index (χ4n) is 4.00. The van der Waals surface area contributed by atoms with E-state index in [1.165, 1.54) is 0 Å². The Bertz CT molecular complexity index is 380. The fraction of sp³-hybridized carbons (Fsp3) is 0.714. The van der Waals surface area contributed by atoms with Gasteiger partial charge < -0.3 is 4.89 Å². The van der Waals surface area contributed by atoms with Crippen LogP contribution >= 0.6 is 8.03 Å². The van der Waals surface area contributed by atoms with E-state index in [4.69, 9.17) is 0 Å². The third-order valence-electron chi connectivity index (χ3n) is 5.04. The third kappa shape index (κ3) is 1.65. The standard InChI is InChI=1S/C14H21O2P/c1-3-13(4-2)10-7-11-14(13,17(15)16)12-8-5-6-9-12/h5-6,8H,3-4,7,9-11H2,1-2H3. The summed E-state index contributed by atoms with van der Waals surface area (Å²) in [6.45, 7) is 4.29. The topological polar surface area (TPSA) is 40.1 Å². The Hall–Kier alpha value is -0.460. The Labute approximate surface area is 105 Å². The molecule has 0 radical (unpaired) electrons. The minimum absolute atomic E-state index is 0.0277. The largest absolute Gasteiger partial charge is 0.595 e. The predicted molar refractivity (Wildman–Crippen MR) is 69.0 cm³/mol. The summed E-state index contributed by atoms with van der Waals surface area (Å²) >= 11 is 0. The zero-order chi connectivity index (χ0) is 12.5. The van der Waals surface area contributed by atoms with Crippen molar-refractivity contribution in [2.45, 2.75) is 57.5 Å². The molecule has 0 aliphatic heterocycles. The van der Waals surface area contributed by atoms with E-state index in [-0.39, 0.29) is 5.41 Å². The SMILES string of the molecule is CCC1(CC)CCCC1(C1=CC=CC1)[P+](=O)[O-]. The maximum atomic E-state index is 12.0. The molecule has 0 bridgehead atoms. The summed E-state index contributed by atoms with van der Waals surface area (Å²) in [5, 5.41) is -0.560. The highest BCUT2D eigenvalue weighted by atomic mass is 31.1. The number of rotatable bonds is 4. The average molecular weight is 252 g/mol. The predicted octanol–water partition coefficient (Wildman–Crippen LogP) is 3.70. The van der Waals surface area contributed by atoms with Gasteiger partial charge in [-0.2, -0.15) is 0 Å². The molecule has 0 spiro atoms. The number of allylic oxidation sites excluding steroid dienone is 4. The molecule has 94 valence electrons. The molecular formula is C14H21O2P. The molecule has 2 unspecified atom stereocenters. The van der Waals surface area contributed by atoms with Crippen LogP contribution in [-0.4, -0.2) is 5.16 Å². The summed E-state index contributed by atoms with van der Waals surface area (Å²) < 4.78 is 12.0. The van der Waals surface area contributed by atoms with Crippen LogP contribution < -0.4 is 4.89 Å². The fourth-order valence-corrected chi connectivity index (χ4v) is 5.56. The number of hydrogen-bond acceptors (Lipinski definition) is 2. The average Bonchev–Trinajstić information content (AvgIpc) is 2.96.